The Morgan fingerprint density at radius 3 is 2.63 bits per heavy atom. The van der Waals surface area contributed by atoms with Crippen molar-refractivity contribution in [3.8, 4) is 0 Å². The third-order valence-corrected chi connectivity index (χ3v) is 4.54. The molecule has 3 amide bonds. The summed E-state index contributed by atoms with van der Waals surface area (Å²) in [5.41, 5.74) is 1.10. The second-order valence-electron chi connectivity index (χ2n) is 7.48. The molecule has 0 aliphatic carbocycles. The minimum Gasteiger partial charge on any atom is -0.350 e. The molecule has 0 saturated carbocycles. The zero-order valence-electron chi connectivity index (χ0n) is 16.2. The first-order valence-corrected chi connectivity index (χ1v) is 9.38. The van der Waals surface area contributed by atoms with Crippen molar-refractivity contribution < 1.29 is 14.0 Å². The van der Waals surface area contributed by atoms with Gasteiger partial charge in [0.05, 0.1) is 0 Å². The topological polar surface area (TPSA) is 74.3 Å². The van der Waals surface area contributed by atoms with Gasteiger partial charge in [-0.05, 0) is 44.9 Å². The van der Waals surface area contributed by atoms with E-state index in [0.29, 0.717) is 17.1 Å². The highest BCUT2D eigenvalue weighted by Gasteiger charge is 2.18. The van der Waals surface area contributed by atoms with Crippen LogP contribution in [0.3, 0.4) is 0 Å². The summed E-state index contributed by atoms with van der Waals surface area (Å²) >= 11 is 1.32. The lowest BCUT2D eigenvalue weighted by atomic mass is 10.1. The first-order chi connectivity index (χ1) is 12.5. The van der Waals surface area contributed by atoms with Crippen LogP contribution in [0.4, 0.5) is 14.3 Å². The molecule has 146 valence electrons. The van der Waals surface area contributed by atoms with Gasteiger partial charge >= 0.3 is 6.03 Å². The molecule has 2 aromatic rings. The van der Waals surface area contributed by atoms with Crippen LogP contribution in [0, 0.1) is 12.7 Å². The zero-order chi connectivity index (χ0) is 20.2. The van der Waals surface area contributed by atoms with Crippen LogP contribution >= 0.6 is 11.3 Å². The molecule has 0 fully saturated rings. The van der Waals surface area contributed by atoms with Gasteiger partial charge in [0.1, 0.15) is 12.4 Å². The van der Waals surface area contributed by atoms with E-state index in [9.17, 15) is 14.0 Å². The number of hydrogen-bond donors (Lipinski definition) is 2. The number of aromatic nitrogens is 1. The number of nitrogens with zero attached hydrogens (tertiary/aromatic N) is 2. The molecule has 27 heavy (non-hydrogen) atoms. The maximum atomic E-state index is 13.6. The SMILES string of the molecule is Cc1ccc(Cc2cnc(NC(=O)N(C)CC(=O)NC(C)(C)C)s2)cc1F. The van der Waals surface area contributed by atoms with Crippen LogP contribution in [0.25, 0.3) is 0 Å². The molecule has 0 spiro atoms. The highest BCUT2D eigenvalue weighted by Crippen LogP contribution is 2.22. The van der Waals surface area contributed by atoms with Gasteiger partial charge < -0.3 is 10.2 Å². The molecule has 8 heteroatoms. The third kappa shape index (κ3) is 6.63. The molecule has 0 saturated heterocycles. The van der Waals surface area contributed by atoms with Crippen LogP contribution in [-0.4, -0.2) is 41.0 Å². The minimum atomic E-state index is -0.415. The summed E-state index contributed by atoms with van der Waals surface area (Å²) in [4.78, 5) is 30.5. The number of nitrogens with one attached hydrogen (secondary N) is 2. The van der Waals surface area contributed by atoms with Crippen molar-refractivity contribution in [1.82, 2.24) is 15.2 Å². The largest absolute Gasteiger partial charge is 0.350 e. The Labute approximate surface area is 162 Å². The molecule has 6 nitrogen and oxygen atoms in total. The predicted molar refractivity (Wildman–Crippen MR) is 106 cm³/mol. The van der Waals surface area contributed by atoms with Crippen molar-refractivity contribution in [2.24, 2.45) is 0 Å². The predicted octanol–water partition coefficient (Wildman–Crippen LogP) is 3.56. The van der Waals surface area contributed by atoms with E-state index < -0.39 is 6.03 Å². The Morgan fingerprint density at radius 2 is 2.00 bits per heavy atom. The molecule has 1 aromatic carbocycles. The molecular weight excluding hydrogens is 367 g/mol. The zero-order valence-corrected chi connectivity index (χ0v) is 17.0. The average molecular weight is 393 g/mol. The molecule has 0 bridgehead atoms. The number of carbonyl (C=O) groups excluding carboxylic acids is 2. The van der Waals surface area contributed by atoms with Gasteiger partial charge in [0.2, 0.25) is 5.91 Å². The van der Waals surface area contributed by atoms with Crippen molar-refractivity contribution in [1.29, 1.82) is 0 Å². The lowest BCUT2D eigenvalue weighted by molar-refractivity contribution is -0.122. The number of urea groups is 1. The summed E-state index contributed by atoms with van der Waals surface area (Å²) in [6, 6.07) is 4.71. The number of hydrogen-bond acceptors (Lipinski definition) is 4. The van der Waals surface area contributed by atoms with Crippen LogP contribution in [0.15, 0.2) is 24.4 Å². The monoisotopic (exact) mass is 392 g/mol. The van der Waals surface area contributed by atoms with Crippen molar-refractivity contribution in [2.45, 2.75) is 39.7 Å². The number of thiazole rings is 1. The summed E-state index contributed by atoms with van der Waals surface area (Å²) in [5, 5.41) is 5.92. The number of rotatable bonds is 5. The Morgan fingerprint density at radius 1 is 1.30 bits per heavy atom. The Bertz CT molecular complexity index is 829. The van der Waals surface area contributed by atoms with Crippen molar-refractivity contribution in [3.63, 3.8) is 0 Å². The van der Waals surface area contributed by atoms with Gasteiger partial charge in [-0.1, -0.05) is 12.1 Å². The second kappa shape index (κ2) is 8.47. The third-order valence-electron chi connectivity index (χ3n) is 3.62. The van der Waals surface area contributed by atoms with Crippen LogP contribution < -0.4 is 10.6 Å². The molecule has 0 atom stereocenters. The maximum absolute atomic E-state index is 13.6. The average Bonchev–Trinajstić information content (AvgIpc) is 2.96. The number of benzene rings is 1. The van der Waals surface area contributed by atoms with Gasteiger partial charge in [0.15, 0.2) is 5.13 Å². The molecule has 1 heterocycles. The van der Waals surface area contributed by atoms with Crippen molar-refractivity contribution in [3.05, 3.63) is 46.2 Å². The minimum absolute atomic E-state index is 0.0516. The van der Waals surface area contributed by atoms with Gasteiger partial charge in [0.25, 0.3) is 0 Å². The quantitative estimate of drug-likeness (QED) is 0.817. The first-order valence-electron chi connectivity index (χ1n) is 8.56. The normalized spacial score (nSPS) is 11.2. The number of halogens is 1. The van der Waals surface area contributed by atoms with Crippen LogP contribution in [0.5, 0.6) is 0 Å². The van der Waals surface area contributed by atoms with E-state index in [1.807, 2.05) is 26.8 Å². The van der Waals surface area contributed by atoms with Crippen molar-refractivity contribution in [2.75, 3.05) is 18.9 Å². The molecule has 1 aromatic heterocycles. The second-order valence-corrected chi connectivity index (χ2v) is 8.59. The standard InChI is InChI=1S/C19H25FN4O2S/c1-12-6-7-13(9-15(12)20)8-14-10-21-17(27-14)22-18(26)24(5)11-16(25)23-19(2,3)4/h6-7,9-10H,8,11H2,1-5H3,(H,23,25)(H,21,22,26). The fourth-order valence-corrected chi connectivity index (χ4v) is 3.16. The molecular formula is C19H25FN4O2S. The fraction of sp³-hybridized carbons (Fsp3) is 0.421. The van der Waals surface area contributed by atoms with E-state index in [1.54, 1.807) is 26.2 Å². The smallest absolute Gasteiger partial charge is 0.323 e. The van der Waals surface area contributed by atoms with Gasteiger partial charge in [0, 0.05) is 30.1 Å². The Balaban J connectivity index is 1.91. The summed E-state index contributed by atoms with van der Waals surface area (Å²) < 4.78 is 13.6. The van der Waals surface area contributed by atoms with Gasteiger partial charge in [-0.2, -0.15) is 0 Å². The number of carbonyl (C=O) groups is 2. The number of likely N-dealkylation sites (N-methyl/N-ethyl adjacent to an activating group) is 1. The summed E-state index contributed by atoms with van der Waals surface area (Å²) in [5.74, 6) is -0.470. The molecule has 0 aliphatic rings. The molecule has 0 unspecified atom stereocenters. The van der Waals surface area contributed by atoms with E-state index >= 15 is 0 Å². The van der Waals surface area contributed by atoms with Crippen LogP contribution in [-0.2, 0) is 11.2 Å². The van der Waals surface area contributed by atoms with Gasteiger partial charge in [-0.15, -0.1) is 11.3 Å². The maximum Gasteiger partial charge on any atom is 0.323 e. The molecule has 0 aliphatic heterocycles. The molecule has 2 N–H and O–H groups in total. The first kappa shape index (κ1) is 20.8. The summed E-state index contributed by atoms with van der Waals surface area (Å²) in [7, 11) is 1.54. The molecule has 2 rings (SSSR count). The van der Waals surface area contributed by atoms with E-state index in [1.165, 1.54) is 22.3 Å². The lowest BCUT2D eigenvalue weighted by Gasteiger charge is -2.23. The van der Waals surface area contributed by atoms with E-state index in [4.69, 9.17) is 0 Å². The number of anilines is 1. The fourth-order valence-electron chi connectivity index (χ4n) is 2.33. The van der Waals surface area contributed by atoms with Gasteiger partial charge in [-0.25, -0.2) is 14.2 Å². The highest BCUT2D eigenvalue weighted by atomic mass is 32.1. The number of amides is 3. The van der Waals surface area contributed by atoms with Gasteiger partial charge in [-0.3, -0.25) is 10.1 Å². The number of aryl methyl sites for hydroxylation is 1. The molecule has 0 radical (unpaired) electrons. The van der Waals surface area contributed by atoms with E-state index in [-0.39, 0.29) is 23.8 Å². The summed E-state index contributed by atoms with van der Waals surface area (Å²) in [6.45, 7) is 7.30. The Hall–Kier alpha value is -2.48. The van der Waals surface area contributed by atoms with E-state index in [0.717, 1.165) is 10.4 Å². The Kier molecular flexibility index (Phi) is 6.54. The van der Waals surface area contributed by atoms with Crippen LogP contribution in [0.2, 0.25) is 0 Å². The van der Waals surface area contributed by atoms with Crippen molar-refractivity contribution >= 4 is 28.4 Å². The highest BCUT2D eigenvalue weighted by molar-refractivity contribution is 7.15. The van der Waals surface area contributed by atoms with Crippen LogP contribution in [0.1, 0.15) is 36.8 Å². The lowest BCUT2D eigenvalue weighted by Crippen LogP contribution is -2.47. The van der Waals surface area contributed by atoms with E-state index in [2.05, 4.69) is 15.6 Å². The summed E-state index contributed by atoms with van der Waals surface area (Å²) in [6.07, 6.45) is 2.19.